The van der Waals surface area contributed by atoms with Crippen molar-refractivity contribution in [3.8, 4) is 0 Å². The van der Waals surface area contributed by atoms with Crippen LogP contribution in [-0.2, 0) is 29.0 Å². The van der Waals surface area contributed by atoms with Crippen LogP contribution in [0.5, 0.6) is 0 Å². The molecule has 6 atom stereocenters. The summed E-state index contributed by atoms with van der Waals surface area (Å²) in [6, 6.07) is -3.95. The smallest absolute Gasteiger partial charge is 0.315 e. The molecule has 5 aliphatic rings. The zero-order valence-corrected chi connectivity index (χ0v) is 30.7. The van der Waals surface area contributed by atoms with E-state index in [1.165, 1.54) is 4.90 Å². The molecule has 5 rings (SSSR count). The number of unbranched alkanes of at least 4 members (excludes halogenated alkanes) is 1. The molecule has 12 nitrogen and oxygen atoms in total. The number of sulfone groups is 1. The molecule has 0 aromatic carbocycles. The van der Waals surface area contributed by atoms with Gasteiger partial charge in [0.2, 0.25) is 17.6 Å². The highest BCUT2D eigenvalue weighted by atomic mass is 35.5. The number of piperidine rings is 1. The van der Waals surface area contributed by atoms with E-state index in [0.717, 1.165) is 38.5 Å². The maximum Gasteiger partial charge on any atom is 0.315 e. The third kappa shape index (κ3) is 7.62. The van der Waals surface area contributed by atoms with Crippen LogP contribution in [0.1, 0.15) is 105 Å². The molecule has 15 heteroatoms. The van der Waals surface area contributed by atoms with Crippen molar-refractivity contribution in [3.05, 3.63) is 0 Å². The molecule has 270 valence electrons. The Morgan fingerprint density at radius 3 is 2.19 bits per heavy atom. The Kier molecular flexibility index (Phi) is 10.7. The lowest BCUT2D eigenvalue weighted by Gasteiger charge is -2.43. The first-order valence-corrected chi connectivity index (χ1v) is 20.0. The zero-order valence-electron chi connectivity index (χ0n) is 28.4. The number of fused-ring (bicyclic) bond motifs is 1. The van der Waals surface area contributed by atoms with Gasteiger partial charge in [-0.2, -0.15) is 0 Å². The fourth-order valence-electron chi connectivity index (χ4n) is 8.04. The number of nitrogens with zero attached hydrogens (tertiary/aromatic N) is 1. The van der Waals surface area contributed by atoms with Crippen molar-refractivity contribution >= 4 is 62.6 Å². The van der Waals surface area contributed by atoms with Crippen LogP contribution < -0.4 is 21.3 Å². The van der Waals surface area contributed by atoms with E-state index < -0.39 is 89.9 Å². The molecule has 48 heavy (non-hydrogen) atoms. The van der Waals surface area contributed by atoms with Gasteiger partial charge in [-0.15, -0.1) is 23.2 Å². The number of carbonyl (C=O) groups is 5. The summed E-state index contributed by atoms with van der Waals surface area (Å²) in [5.74, 6) is -3.50. The van der Waals surface area contributed by atoms with Gasteiger partial charge in [0.1, 0.15) is 16.4 Å². The van der Waals surface area contributed by atoms with Gasteiger partial charge in [0.15, 0.2) is 9.84 Å². The Bertz CT molecular complexity index is 1410. The largest absolute Gasteiger partial charge is 0.347 e. The van der Waals surface area contributed by atoms with E-state index in [1.807, 2.05) is 6.92 Å². The van der Waals surface area contributed by atoms with Gasteiger partial charge in [0, 0.05) is 24.4 Å². The van der Waals surface area contributed by atoms with Crippen molar-refractivity contribution in [1.29, 1.82) is 0 Å². The molecular weight excluding hydrogens is 681 g/mol. The number of carbonyl (C=O) groups excluding carboxylic acids is 5. The van der Waals surface area contributed by atoms with E-state index >= 15 is 0 Å². The molecule has 0 spiro atoms. The van der Waals surface area contributed by atoms with Crippen LogP contribution in [0.15, 0.2) is 0 Å². The van der Waals surface area contributed by atoms with Gasteiger partial charge in [0.25, 0.3) is 5.91 Å². The highest BCUT2D eigenvalue weighted by Gasteiger charge is 2.74. The van der Waals surface area contributed by atoms with Gasteiger partial charge in [-0.1, -0.05) is 59.8 Å². The van der Waals surface area contributed by atoms with E-state index in [-0.39, 0.29) is 24.8 Å². The van der Waals surface area contributed by atoms with Crippen LogP contribution in [0.25, 0.3) is 0 Å². The van der Waals surface area contributed by atoms with Crippen molar-refractivity contribution in [3.63, 3.8) is 0 Å². The zero-order chi connectivity index (χ0) is 35.2. The minimum Gasteiger partial charge on any atom is -0.347 e. The van der Waals surface area contributed by atoms with Crippen LogP contribution in [0, 0.1) is 17.3 Å². The van der Waals surface area contributed by atoms with E-state index in [9.17, 15) is 32.4 Å². The van der Waals surface area contributed by atoms with Crippen molar-refractivity contribution in [1.82, 2.24) is 26.2 Å². The molecule has 5 amide bonds. The molecule has 0 radical (unpaired) electrons. The van der Waals surface area contributed by atoms with E-state index in [1.54, 1.807) is 20.8 Å². The summed E-state index contributed by atoms with van der Waals surface area (Å²) in [6.07, 6.45) is 7.88. The standard InChI is InChI=1S/C33H51Cl2N5O7S/c1-5-6-11-21(25(41)28(43)36-19-13-14-19)37-27(42)24-23-20(33(23,34)35)18-40(24)29(44)26(31(2,3)4)38-30(45)39-32(15-8-7-9-16-32)22-12-10-17-48(22,46)47/h19-24,26H,5-18H2,1-4H3,(H,36,43)(H,37,42)(H2,38,39,45)/t20?,21-,22?,23-,24-,26+/m0/s1. The third-order valence-electron chi connectivity index (χ3n) is 10.9. The lowest BCUT2D eigenvalue weighted by Crippen LogP contribution is -2.65. The molecule has 2 aliphatic heterocycles. The molecule has 0 bridgehead atoms. The Labute approximate surface area is 293 Å². The number of likely N-dealkylation sites (tertiary alicyclic amines) is 1. The molecule has 4 N–H and O–H groups in total. The summed E-state index contributed by atoms with van der Waals surface area (Å²) in [7, 11) is -3.37. The molecule has 0 aromatic rings. The van der Waals surface area contributed by atoms with Gasteiger partial charge in [-0.25, -0.2) is 13.2 Å². The molecule has 2 heterocycles. The average Bonchev–Trinajstić information content (AvgIpc) is 3.79. The first-order chi connectivity index (χ1) is 22.4. The lowest BCUT2D eigenvalue weighted by molar-refractivity contribution is -0.144. The maximum atomic E-state index is 14.4. The summed E-state index contributed by atoms with van der Waals surface area (Å²) in [4.78, 5) is 69.2. The molecule has 2 unspecified atom stereocenters. The number of hydrogen-bond acceptors (Lipinski definition) is 7. The summed E-state index contributed by atoms with van der Waals surface area (Å²) >= 11 is 13.1. The lowest BCUT2D eigenvalue weighted by atomic mass is 9.78. The van der Waals surface area contributed by atoms with Crippen LogP contribution in [0.2, 0.25) is 0 Å². The Morgan fingerprint density at radius 1 is 0.958 bits per heavy atom. The van der Waals surface area contributed by atoms with Crippen molar-refractivity contribution in [2.75, 3.05) is 12.3 Å². The summed E-state index contributed by atoms with van der Waals surface area (Å²) in [5, 5.41) is 10.6. The molecule has 3 saturated carbocycles. The van der Waals surface area contributed by atoms with Gasteiger partial charge in [0.05, 0.1) is 22.6 Å². The first-order valence-electron chi connectivity index (χ1n) is 17.6. The topological polar surface area (TPSA) is 171 Å². The quantitative estimate of drug-likeness (QED) is 0.177. The predicted octanol–water partition coefficient (Wildman–Crippen LogP) is 3.13. The second kappa shape index (κ2) is 13.9. The molecule has 0 aromatic heterocycles. The van der Waals surface area contributed by atoms with Crippen molar-refractivity contribution in [2.45, 2.75) is 144 Å². The minimum atomic E-state index is -3.37. The number of Topliss-reactive ketones (excluding diaryl/α,β-unsaturated/α-hetero) is 1. The van der Waals surface area contributed by atoms with Crippen LogP contribution in [0.4, 0.5) is 4.79 Å². The summed E-state index contributed by atoms with van der Waals surface area (Å²) in [5.41, 5.74) is -1.72. The average molecular weight is 733 g/mol. The number of ketones is 1. The monoisotopic (exact) mass is 731 g/mol. The summed E-state index contributed by atoms with van der Waals surface area (Å²) in [6.45, 7) is 7.40. The Morgan fingerprint density at radius 2 is 1.62 bits per heavy atom. The van der Waals surface area contributed by atoms with Crippen LogP contribution >= 0.6 is 23.2 Å². The van der Waals surface area contributed by atoms with Crippen LogP contribution in [-0.4, -0.2) is 94.4 Å². The van der Waals surface area contributed by atoms with Crippen LogP contribution in [0.3, 0.4) is 0 Å². The van der Waals surface area contributed by atoms with Gasteiger partial charge >= 0.3 is 6.03 Å². The number of alkyl halides is 2. The number of urea groups is 1. The first kappa shape index (κ1) is 37.1. The minimum absolute atomic E-state index is 0.0261. The van der Waals surface area contributed by atoms with Crippen molar-refractivity contribution in [2.24, 2.45) is 17.3 Å². The van der Waals surface area contributed by atoms with Gasteiger partial charge < -0.3 is 26.2 Å². The normalized spacial score (nSPS) is 29.6. The van der Waals surface area contributed by atoms with E-state index in [4.69, 9.17) is 23.2 Å². The number of halogens is 2. The van der Waals surface area contributed by atoms with E-state index in [0.29, 0.717) is 32.1 Å². The third-order valence-corrected chi connectivity index (χ3v) is 14.4. The highest BCUT2D eigenvalue weighted by Crippen LogP contribution is 2.65. The Hall–Kier alpha value is -2.12. The van der Waals surface area contributed by atoms with E-state index in [2.05, 4.69) is 21.3 Å². The SMILES string of the molecule is CCCC[C@H](NC(=O)[C@@H]1[C@@H]2C(CN1C(=O)[C@@H](NC(=O)NC1(C3CCCS3(=O)=O)CCCCC1)C(C)(C)C)C2(Cl)Cl)C(=O)C(=O)NC1CC1. The molecule has 2 saturated heterocycles. The number of nitrogens with one attached hydrogen (secondary N) is 4. The Balaban J connectivity index is 1.34. The number of hydrogen-bond donors (Lipinski definition) is 4. The van der Waals surface area contributed by atoms with Crippen molar-refractivity contribution < 1.29 is 32.4 Å². The number of amides is 5. The highest BCUT2D eigenvalue weighted by molar-refractivity contribution is 7.92. The van der Waals surface area contributed by atoms with Gasteiger partial charge in [-0.05, 0) is 50.4 Å². The molecule has 5 fully saturated rings. The molecule has 3 aliphatic carbocycles. The predicted molar refractivity (Wildman–Crippen MR) is 182 cm³/mol. The number of rotatable bonds is 12. The summed E-state index contributed by atoms with van der Waals surface area (Å²) < 4.78 is 24.8. The second-order valence-corrected chi connectivity index (χ2v) is 19.4. The van der Waals surface area contributed by atoms with Gasteiger partial charge in [-0.3, -0.25) is 19.2 Å². The molecular formula is C33H51Cl2N5O7S. The maximum absolute atomic E-state index is 14.4. The second-order valence-electron chi connectivity index (χ2n) is 15.7. The fourth-order valence-corrected chi connectivity index (χ4v) is 11.2. The fraction of sp³-hybridized carbons (Fsp3) is 0.848.